The number of hydrogen-bond donors (Lipinski definition) is 1. The first-order chi connectivity index (χ1) is 8.06. The summed E-state index contributed by atoms with van der Waals surface area (Å²) in [4.78, 5) is 0. The van der Waals surface area contributed by atoms with Gasteiger partial charge in [-0.15, -0.1) is 0 Å². The zero-order valence-electron chi connectivity index (χ0n) is 9.82. The fourth-order valence-corrected chi connectivity index (χ4v) is 1.41. The molecule has 1 rings (SSSR count). The lowest BCUT2D eigenvalue weighted by Gasteiger charge is -2.16. The second kappa shape index (κ2) is 6.64. The van der Waals surface area contributed by atoms with Gasteiger partial charge in [-0.05, 0) is 13.0 Å². The summed E-state index contributed by atoms with van der Waals surface area (Å²) in [5, 5.41) is 9.67. The Kier molecular flexibility index (Phi) is 5.47. The molecule has 0 aromatic heterocycles. The van der Waals surface area contributed by atoms with Crippen LogP contribution in [0.5, 0.6) is 0 Å². The van der Waals surface area contributed by atoms with Crippen LogP contribution in [0, 0.1) is 11.6 Å². The first-order valence-corrected chi connectivity index (χ1v) is 5.28. The van der Waals surface area contributed by atoms with Gasteiger partial charge in [-0.1, -0.05) is 12.1 Å². The molecule has 17 heavy (non-hydrogen) atoms. The maximum atomic E-state index is 13.3. The van der Waals surface area contributed by atoms with E-state index in [0.717, 1.165) is 6.07 Å². The Morgan fingerprint density at radius 2 is 2.00 bits per heavy atom. The van der Waals surface area contributed by atoms with Crippen LogP contribution in [0.4, 0.5) is 8.78 Å². The van der Waals surface area contributed by atoms with Gasteiger partial charge >= 0.3 is 0 Å². The molecule has 0 radical (unpaired) electrons. The number of ether oxygens (including phenoxy) is 2. The van der Waals surface area contributed by atoms with Gasteiger partial charge < -0.3 is 14.6 Å². The predicted molar refractivity (Wildman–Crippen MR) is 58.6 cm³/mol. The Morgan fingerprint density at radius 3 is 2.65 bits per heavy atom. The van der Waals surface area contributed by atoms with Crippen LogP contribution in [-0.2, 0) is 9.47 Å². The summed E-state index contributed by atoms with van der Waals surface area (Å²) in [5.74, 6) is -2.02. The van der Waals surface area contributed by atoms with Crippen LogP contribution < -0.4 is 0 Å². The number of hydrogen-bond acceptors (Lipinski definition) is 3. The summed E-state index contributed by atoms with van der Waals surface area (Å²) in [7, 11) is 1.53. The lowest BCUT2D eigenvalue weighted by Crippen LogP contribution is -2.19. The van der Waals surface area contributed by atoms with Gasteiger partial charge in [0.25, 0.3) is 0 Å². The normalized spacial score (nSPS) is 14.6. The second-order valence-electron chi connectivity index (χ2n) is 3.76. The van der Waals surface area contributed by atoms with Crippen LogP contribution in [0.2, 0.25) is 0 Å². The summed E-state index contributed by atoms with van der Waals surface area (Å²) in [5.41, 5.74) is -0.102. The number of aliphatic hydroxyl groups excluding tert-OH is 1. The van der Waals surface area contributed by atoms with Gasteiger partial charge in [0, 0.05) is 12.7 Å². The molecule has 0 fully saturated rings. The van der Waals surface area contributed by atoms with Crippen LogP contribution in [0.25, 0.3) is 0 Å². The molecule has 0 aliphatic carbocycles. The highest BCUT2D eigenvalue weighted by Gasteiger charge is 2.16. The minimum Gasteiger partial charge on any atom is -0.386 e. The molecule has 5 heteroatoms. The van der Waals surface area contributed by atoms with E-state index in [1.54, 1.807) is 6.92 Å². The number of benzene rings is 1. The third-order valence-corrected chi connectivity index (χ3v) is 2.28. The van der Waals surface area contributed by atoms with Crippen molar-refractivity contribution in [2.45, 2.75) is 19.1 Å². The third-order valence-electron chi connectivity index (χ3n) is 2.28. The van der Waals surface area contributed by atoms with Crippen molar-refractivity contribution < 1.29 is 23.4 Å². The highest BCUT2D eigenvalue weighted by Crippen LogP contribution is 2.19. The fourth-order valence-electron chi connectivity index (χ4n) is 1.41. The summed E-state index contributed by atoms with van der Waals surface area (Å²) >= 11 is 0. The monoisotopic (exact) mass is 246 g/mol. The topological polar surface area (TPSA) is 38.7 Å². The number of rotatable bonds is 6. The molecule has 0 aliphatic heterocycles. The molecular formula is C12H16F2O3. The molecule has 1 aromatic carbocycles. The van der Waals surface area contributed by atoms with Crippen molar-refractivity contribution in [1.29, 1.82) is 0 Å². The van der Waals surface area contributed by atoms with Crippen LogP contribution in [-0.4, -0.2) is 31.5 Å². The van der Waals surface area contributed by atoms with E-state index in [1.807, 2.05) is 0 Å². The highest BCUT2D eigenvalue weighted by molar-refractivity contribution is 5.21. The smallest absolute Gasteiger partial charge is 0.164 e. The molecule has 0 saturated carbocycles. The first kappa shape index (κ1) is 14.0. The summed E-state index contributed by atoms with van der Waals surface area (Å²) in [6.07, 6.45) is -1.41. The minimum atomic E-state index is -1.19. The van der Waals surface area contributed by atoms with E-state index in [0.29, 0.717) is 6.61 Å². The van der Waals surface area contributed by atoms with E-state index >= 15 is 0 Å². The van der Waals surface area contributed by atoms with Crippen molar-refractivity contribution >= 4 is 0 Å². The third kappa shape index (κ3) is 4.03. The lowest BCUT2D eigenvalue weighted by molar-refractivity contribution is -0.0334. The van der Waals surface area contributed by atoms with Crippen molar-refractivity contribution in [1.82, 2.24) is 0 Å². The summed E-state index contributed by atoms with van der Waals surface area (Å²) in [6, 6.07) is 3.67. The standard InChI is InChI=1S/C12H16F2O3/c1-8(6-16-2)17-7-11(15)9-4-3-5-10(13)12(9)14/h3-5,8,11,15H,6-7H2,1-2H3. The molecule has 3 nitrogen and oxygen atoms in total. The number of methoxy groups -OCH3 is 1. The lowest BCUT2D eigenvalue weighted by atomic mass is 10.1. The maximum absolute atomic E-state index is 13.3. The van der Waals surface area contributed by atoms with E-state index in [2.05, 4.69) is 0 Å². The van der Waals surface area contributed by atoms with Crippen molar-refractivity contribution in [3.05, 3.63) is 35.4 Å². The number of aliphatic hydroxyl groups is 1. The summed E-state index contributed by atoms with van der Waals surface area (Å²) in [6.45, 7) is 2.03. The van der Waals surface area contributed by atoms with Crippen LogP contribution in [0.15, 0.2) is 18.2 Å². The van der Waals surface area contributed by atoms with E-state index in [1.165, 1.54) is 19.2 Å². The molecular weight excluding hydrogens is 230 g/mol. The van der Waals surface area contributed by atoms with Gasteiger partial charge in [0.1, 0.15) is 6.10 Å². The molecule has 0 heterocycles. The zero-order valence-corrected chi connectivity index (χ0v) is 9.82. The Hall–Kier alpha value is -1.04. The van der Waals surface area contributed by atoms with Crippen molar-refractivity contribution in [2.75, 3.05) is 20.3 Å². The van der Waals surface area contributed by atoms with E-state index in [-0.39, 0.29) is 18.3 Å². The van der Waals surface area contributed by atoms with Crippen molar-refractivity contribution in [2.24, 2.45) is 0 Å². The fraction of sp³-hybridized carbons (Fsp3) is 0.500. The van der Waals surface area contributed by atoms with Crippen molar-refractivity contribution in [3.63, 3.8) is 0 Å². The Bertz CT molecular complexity index is 358. The summed E-state index contributed by atoms with van der Waals surface area (Å²) < 4.78 is 36.3. The zero-order chi connectivity index (χ0) is 12.8. The molecule has 0 amide bonds. The molecule has 0 bridgehead atoms. The average Bonchev–Trinajstić information content (AvgIpc) is 2.30. The van der Waals surface area contributed by atoms with Gasteiger partial charge in [0.05, 0.1) is 19.3 Å². The van der Waals surface area contributed by atoms with Gasteiger partial charge in [0.15, 0.2) is 11.6 Å². The molecule has 2 unspecified atom stereocenters. The molecule has 1 aromatic rings. The molecule has 1 N–H and O–H groups in total. The van der Waals surface area contributed by atoms with Gasteiger partial charge in [0.2, 0.25) is 0 Å². The highest BCUT2D eigenvalue weighted by atomic mass is 19.2. The van der Waals surface area contributed by atoms with Crippen LogP contribution in [0.1, 0.15) is 18.6 Å². The minimum absolute atomic E-state index is 0.102. The largest absolute Gasteiger partial charge is 0.386 e. The molecule has 96 valence electrons. The second-order valence-corrected chi connectivity index (χ2v) is 3.76. The predicted octanol–water partition coefficient (Wildman–Crippen LogP) is 2.05. The van der Waals surface area contributed by atoms with Crippen LogP contribution in [0.3, 0.4) is 0 Å². The van der Waals surface area contributed by atoms with E-state index in [4.69, 9.17) is 9.47 Å². The molecule has 0 aliphatic rings. The van der Waals surface area contributed by atoms with Gasteiger partial charge in [-0.2, -0.15) is 0 Å². The van der Waals surface area contributed by atoms with Crippen molar-refractivity contribution in [3.8, 4) is 0 Å². The maximum Gasteiger partial charge on any atom is 0.164 e. The Balaban J connectivity index is 2.58. The molecule has 0 spiro atoms. The number of halogens is 2. The van der Waals surface area contributed by atoms with E-state index in [9.17, 15) is 13.9 Å². The Morgan fingerprint density at radius 1 is 1.29 bits per heavy atom. The molecule has 0 saturated heterocycles. The van der Waals surface area contributed by atoms with Gasteiger partial charge in [-0.25, -0.2) is 8.78 Å². The van der Waals surface area contributed by atoms with Crippen LogP contribution >= 0.6 is 0 Å². The SMILES string of the molecule is COCC(C)OCC(O)c1cccc(F)c1F. The quantitative estimate of drug-likeness (QED) is 0.835. The van der Waals surface area contributed by atoms with E-state index < -0.39 is 17.7 Å². The average molecular weight is 246 g/mol. The Labute approximate surface area is 99.0 Å². The van der Waals surface area contributed by atoms with Gasteiger partial charge in [-0.3, -0.25) is 0 Å². The molecule has 2 atom stereocenters. The first-order valence-electron chi connectivity index (χ1n) is 5.28.